The Balaban J connectivity index is 1.86. The van der Waals surface area contributed by atoms with Crippen molar-refractivity contribution in [2.45, 2.75) is 39.5 Å². The van der Waals surface area contributed by atoms with Crippen LogP contribution in [-0.4, -0.2) is 28.6 Å². The van der Waals surface area contributed by atoms with Crippen LogP contribution in [0.4, 0.5) is 13.2 Å². The molecule has 0 aliphatic heterocycles. The summed E-state index contributed by atoms with van der Waals surface area (Å²) in [5, 5.41) is 4.67. The number of hydrogen-bond acceptors (Lipinski definition) is 5. The van der Waals surface area contributed by atoms with Gasteiger partial charge in [-0.1, -0.05) is 31.2 Å². The fraction of sp³-hybridized carbons (Fsp3) is 0.250. The SMILES string of the molecule is CCOc1cc(C=Nn2c(-c3cccc(C(F)(F)F)c3)nc3ccccc3c2=O)cc(I)c1O[C@@H](C)CC. The topological polar surface area (TPSA) is 65.7 Å². The third kappa shape index (κ3) is 6.01. The predicted octanol–water partition coefficient (Wildman–Crippen LogP) is 7.15. The Labute approximate surface area is 231 Å². The van der Waals surface area contributed by atoms with E-state index in [-0.39, 0.29) is 17.5 Å². The Morgan fingerprint density at radius 2 is 1.87 bits per heavy atom. The van der Waals surface area contributed by atoms with Crippen molar-refractivity contribution in [1.82, 2.24) is 9.66 Å². The summed E-state index contributed by atoms with van der Waals surface area (Å²) in [6.45, 7) is 6.27. The molecule has 1 aromatic heterocycles. The first-order valence-electron chi connectivity index (χ1n) is 12.0. The molecule has 4 aromatic rings. The van der Waals surface area contributed by atoms with Crippen molar-refractivity contribution in [2.75, 3.05) is 6.61 Å². The third-order valence-corrected chi connectivity index (χ3v) is 6.55. The van der Waals surface area contributed by atoms with Gasteiger partial charge in [0, 0.05) is 5.56 Å². The normalized spacial score (nSPS) is 12.7. The van der Waals surface area contributed by atoms with Gasteiger partial charge in [0.25, 0.3) is 5.56 Å². The maximum atomic E-state index is 13.4. The number of para-hydroxylation sites is 1. The monoisotopic (exact) mass is 635 g/mol. The number of nitrogens with zero attached hydrogens (tertiary/aromatic N) is 3. The third-order valence-electron chi connectivity index (χ3n) is 5.75. The average Bonchev–Trinajstić information content (AvgIpc) is 2.89. The lowest BCUT2D eigenvalue weighted by Gasteiger charge is -2.18. The molecule has 3 aromatic carbocycles. The lowest BCUT2D eigenvalue weighted by molar-refractivity contribution is -0.137. The largest absolute Gasteiger partial charge is 0.490 e. The van der Waals surface area contributed by atoms with Crippen LogP contribution in [0.2, 0.25) is 0 Å². The molecule has 0 aliphatic rings. The minimum atomic E-state index is -4.55. The Kier molecular flexibility index (Phi) is 8.39. The van der Waals surface area contributed by atoms with Crippen LogP contribution in [0.25, 0.3) is 22.3 Å². The summed E-state index contributed by atoms with van der Waals surface area (Å²) in [6.07, 6.45) is -2.29. The molecule has 0 spiro atoms. The number of fused-ring (bicyclic) bond motifs is 1. The average molecular weight is 635 g/mol. The van der Waals surface area contributed by atoms with E-state index >= 15 is 0 Å². The second kappa shape index (κ2) is 11.5. The van der Waals surface area contributed by atoms with E-state index in [0.717, 1.165) is 26.8 Å². The van der Waals surface area contributed by atoms with Gasteiger partial charge in [-0.15, -0.1) is 0 Å². The highest BCUT2D eigenvalue weighted by molar-refractivity contribution is 14.1. The van der Waals surface area contributed by atoms with E-state index < -0.39 is 17.3 Å². The molecule has 4 rings (SSSR count). The summed E-state index contributed by atoms with van der Waals surface area (Å²) in [6, 6.07) is 14.9. The molecular weight excluding hydrogens is 610 g/mol. The molecule has 0 radical (unpaired) electrons. The number of rotatable bonds is 8. The summed E-state index contributed by atoms with van der Waals surface area (Å²) >= 11 is 2.15. The predicted molar refractivity (Wildman–Crippen MR) is 150 cm³/mol. The zero-order chi connectivity index (χ0) is 27.4. The number of benzene rings is 3. The molecule has 0 amide bonds. The van der Waals surface area contributed by atoms with Crippen molar-refractivity contribution >= 4 is 39.7 Å². The molecule has 6 nitrogen and oxygen atoms in total. The molecule has 10 heteroatoms. The van der Waals surface area contributed by atoms with E-state index in [2.05, 4.69) is 32.7 Å². The lowest BCUT2D eigenvalue weighted by Crippen LogP contribution is -2.20. The summed E-state index contributed by atoms with van der Waals surface area (Å²) in [7, 11) is 0. The second-order valence-corrected chi connectivity index (χ2v) is 9.65. The van der Waals surface area contributed by atoms with E-state index in [9.17, 15) is 18.0 Å². The molecule has 1 atom stereocenters. The number of ether oxygens (including phenoxy) is 2. The van der Waals surface area contributed by atoms with Gasteiger partial charge >= 0.3 is 6.18 Å². The zero-order valence-corrected chi connectivity index (χ0v) is 23.1. The van der Waals surface area contributed by atoms with Crippen LogP contribution >= 0.6 is 22.6 Å². The van der Waals surface area contributed by atoms with Crippen LogP contribution in [-0.2, 0) is 6.18 Å². The number of aromatic nitrogens is 2. The first-order chi connectivity index (χ1) is 18.1. The Morgan fingerprint density at radius 3 is 2.58 bits per heavy atom. The van der Waals surface area contributed by atoms with Crippen LogP contribution < -0.4 is 15.0 Å². The van der Waals surface area contributed by atoms with E-state index in [0.29, 0.717) is 34.6 Å². The van der Waals surface area contributed by atoms with E-state index in [4.69, 9.17) is 9.47 Å². The van der Waals surface area contributed by atoms with Crippen molar-refractivity contribution in [1.29, 1.82) is 0 Å². The van der Waals surface area contributed by atoms with Crippen LogP contribution in [0.3, 0.4) is 0 Å². The number of halogens is 4. The lowest BCUT2D eigenvalue weighted by atomic mass is 10.1. The number of alkyl halides is 3. The molecule has 0 bridgehead atoms. The van der Waals surface area contributed by atoms with Gasteiger partial charge in [-0.25, -0.2) is 4.98 Å². The Morgan fingerprint density at radius 1 is 1.11 bits per heavy atom. The molecule has 0 N–H and O–H groups in total. The molecule has 0 unspecified atom stereocenters. The summed E-state index contributed by atoms with van der Waals surface area (Å²) < 4.78 is 53.9. The highest BCUT2D eigenvalue weighted by Crippen LogP contribution is 2.35. The van der Waals surface area contributed by atoms with Crippen molar-refractivity contribution in [3.63, 3.8) is 0 Å². The number of hydrogen-bond donors (Lipinski definition) is 0. The zero-order valence-electron chi connectivity index (χ0n) is 20.9. The minimum Gasteiger partial charge on any atom is -0.490 e. The highest BCUT2D eigenvalue weighted by Gasteiger charge is 2.31. The first-order valence-corrected chi connectivity index (χ1v) is 13.1. The van der Waals surface area contributed by atoms with Crippen LogP contribution in [0.15, 0.2) is 70.6 Å². The molecular formula is C28H25F3IN3O3. The Hall–Kier alpha value is -3.41. The molecule has 0 fully saturated rings. The second-order valence-electron chi connectivity index (χ2n) is 8.49. The van der Waals surface area contributed by atoms with Gasteiger partial charge in [-0.05, 0) is 84.8 Å². The van der Waals surface area contributed by atoms with E-state index in [1.165, 1.54) is 18.3 Å². The molecule has 198 valence electrons. The summed E-state index contributed by atoms with van der Waals surface area (Å²) in [5.74, 6) is 1.14. The molecule has 1 heterocycles. The van der Waals surface area contributed by atoms with Gasteiger partial charge < -0.3 is 9.47 Å². The smallest absolute Gasteiger partial charge is 0.416 e. The first kappa shape index (κ1) is 27.6. The quantitative estimate of drug-likeness (QED) is 0.153. The molecule has 0 aliphatic carbocycles. The van der Waals surface area contributed by atoms with Gasteiger partial charge in [0.05, 0.1) is 39.0 Å². The fourth-order valence-corrected chi connectivity index (χ4v) is 4.45. The maximum Gasteiger partial charge on any atom is 0.416 e. The van der Waals surface area contributed by atoms with Gasteiger partial charge in [0.1, 0.15) is 0 Å². The van der Waals surface area contributed by atoms with Crippen molar-refractivity contribution in [3.05, 3.63) is 85.7 Å². The highest BCUT2D eigenvalue weighted by atomic mass is 127. The summed E-state index contributed by atoms with van der Waals surface area (Å²) in [4.78, 5) is 17.9. The maximum absolute atomic E-state index is 13.4. The molecule has 38 heavy (non-hydrogen) atoms. The van der Waals surface area contributed by atoms with Gasteiger partial charge in [-0.2, -0.15) is 22.9 Å². The molecule has 0 saturated carbocycles. The molecule has 0 saturated heterocycles. The minimum absolute atomic E-state index is 0.00694. The van der Waals surface area contributed by atoms with Crippen LogP contribution in [0.1, 0.15) is 38.3 Å². The summed E-state index contributed by atoms with van der Waals surface area (Å²) in [5.41, 5.74) is -0.265. The Bertz CT molecular complexity index is 1550. The van der Waals surface area contributed by atoms with Crippen LogP contribution in [0, 0.1) is 3.57 Å². The standard InChI is InChI=1S/C28H25F3IN3O3/c1-4-17(3)38-25-22(32)13-18(14-24(25)37-5-2)16-33-35-26(19-9-8-10-20(15-19)28(29,30)31)34-23-12-7-6-11-21(23)27(35)36/h6-17H,4-5H2,1-3H3/t17-/m0/s1. The van der Waals surface area contributed by atoms with E-state index in [1.807, 2.05) is 26.8 Å². The van der Waals surface area contributed by atoms with Gasteiger partial charge in [0.15, 0.2) is 17.3 Å². The van der Waals surface area contributed by atoms with E-state index in [1.54, 1.807) is 30.3 Å². The van der Waals surface area contributed by atoms with Crippen LogP contribution in [0.5, 0.6) is 11.5 Å². The van der Waals surface area contributed by atoms with Gasteiger partial charge in [0.2, 0.25) is 0 Å². The fourth-order valence-electron chi connectivity index (χ4n) is 3.70. The van der Waals surface area contributed by atoms with Gasteiger partial charge in [-0.3, -0.25) is 4.79 Å². The van der Waals surface area contributed by atoms with Crippen molar-refractivity contribution < 1.29 is 22.6 Å². The van der Waals surface area contributed by atoms with Crippen molar-refractivity contribution in [3.8, 4) is 22.9 Å². The van der Waals surface area contributed by atoms with Crippen molar-refractivity contribution in [2.24, 2.45) is 5.10 Å².